The van der Waals surface area contributed by atoms with Crippen molar-refractivity contribution < 1.29 is 5.11 Å². The van der Waals surface area contributed by atoms with E-state index >= 15 is 0 Å². The van der Waals surface area contributed by atoms with Crippen LogP contribution in [0.5, 0.6) is 0 Å². The third-order valence-electron chi connectivity index (χ3n) is 8.72. The Hall–Kier alpha value is -1.68. The van der Waals surface area contributed by atoms with E-state index in [9.17, 15) is 5.11 Å². The Morgan fingerprint density at radius 2 is 1.17 bits per heavy atom. The highest BCUT2D eigenvalue weighted by atomic mass is 16.3. The molecule has 0 aliphatic heterocycles. The summed E-state index contributed by atoms with van der Waals surface area (Å²) in [6.45, 7) is 11.3. The number of nitrogens with two attached hydrogens (primary N) is 2. The lowest BCUT2D eigenvalue weighted by molar-refractivity contribution is -0.00276. The average molecular weight is 495 g/mol. The van der Waals surface area contributed by atoms with Crippen LogP contribution in [0.15, 0.2) is 60.7 Å². The maximum atomic E-state index is 11.6. The molecule has 3 nitrogen and oxygen atoms in total. The normalized spacial score (nSPS) is 15.7. The molecule has 0 saturated heterocycles. The van der Waals surface area contributed by atoms with Gasteiger partial charge in [-0.25, -0.2) is 0 Å². The van der Waals surface area contributed by atoms with Crippen molar-refractivity contribution in [1.29, 1.82) is 0 Å². The van der Waals surface area contributed by atoms with Gasteiger partial charge in [-0.1, -0.05) is 121 Å². The van der Waals surface area contributed by atoms with Gasteiger partial charge in [0.1, 0.15) is 0 Å². The molecule has 0 radical (unpaired) electrons. The molecule has 0 aliphatic rings. The largest absolute Gasteiger partial charge is 0.393 e. The molecule has 0 bridgehead atoms. The van der Waals surface area contributed by atoms with E-state index in [2.05, 4.69) is 95.3 Å². The maximum absolute atomic E-state index is 11.6. The van der Waals surface area contributed by atoms with E-state index in [1.807, 2.05) is 0 Å². The lowest BCUT2D eigenvalue weighted by Gasteiger charge is -2.50. The predicted molar refractivity (Wildman–Crippen MR) is 156 cm³/mol. The number of rotatable bonds is 17. The first kappa shape index (κ1) is 30.5. The molecule has 2 rings (SSSR count). The molecule has 0 aliphatic carbocycles. The van der Waals surface area contributed by atoms with Crippen molar-refractivity contribution in [2.45, 2.75) is 111 Å². The average Bonchev–Trinajstić information content (AvgIpc) is 2.86. The molecule has 0 aromatic heterocycles. The minimum absolute atomic E-state index is 0.375. The molecule has 3 heteroatoms. The molecule has 0 amide bonds. The second-order valence-corrected chi connectivity index (χ2v) is 11.6. The number of benzene rings is 2. The van der Waals surface area contributed by atoms with Crippen LogP contribution in [-0.4, -0.2) is 16.9 Å². The molecule has 0 saturated carbocycles. The van der Waals surface area contributed by atoms with Crippen molar-refractivity contribution in [3.05, 3.63) is 71.8 Å². The molecule has 202 valence electrons. The van der Waals surface area contributed by atoms with Crippen LogP contribution < -0.4 is 11.5 Å². The molecule has 36 heavy (non-hydrogen) atoms. The summed E-state index contributed by atoms with van der Waals surface area (Å²) >= 11 is 0. The van der Waals surface area contributed by atoms with Gasteiger partial charge in [0.15, 0.2) is 0 Å². The molecule has 0 heterocycles. The number of hydrogen-bond donors (Lipinski definition) is 3. The molecular weight excluding hydrogens is 440 g/mol. The van der Waals surface area contributed by atoms with Crippen molar-refractivity contribution in [2.75, 3.05) is 0 Å². The Bertz CT molecular complexity index is 829. The highest BCUT2D eigenvalue weighted by molar-refractivity contribution is 5.19. The Kier molecular flexibility index (Phi) is 12.6. The van der Waals surface area contributed by atoms with Gasteiger partial charge in [-0.15, -0.1) is 0 Å². The molecule has 0 fully saturated rings. The number of aliphatic hydroxyl groups excluding tert-OH is 1. The van der Waals surface area contributed by atoms with Crippen molar-refractivity contribution in [3.63, 3.8) is 0 Å². The zero-order valence-electron chi connectivity index (χ0n) is 23.8. The Morgan fingerprint density at radius 3 is 1.67 bits per heavy atom. The Labute approximate surface area is 222 Å². The summed E-state index contributed by atoms with van der Waals surface area (Å²) in [5.41, 5.74) is 15.8. The van der Waals surface area contributed by atoms with Crippen molar-refractivity contribution in [2.24, 2.45) is 34.6 Å². The summed E-state index contributed by atoms with van der Waals surface area (Å²) in [5.74, 6) is 1.41. The topological polar surface area (TPSA) is 72.3 Å². The van der Waals surface area contributed by atoms with Crippen LogP contribution in [-0.2, 0) is 12.8 Å². The minimum Gasteiger partial charge on any atom is -0.393 e. The molecular formula is C33H54N2O. The fraction of sp³-hybridized carbons (Fsp3) is 0.636. The standard InChI is InChI=1S/C33H54N2O/c1-6-27(7-2)22-32(23-30-18-14-11-15-19-30,33(34,35)24-28(8-3)9-4)25-31(36)21-26(5)20-29-16-12-10-13-17-29/h10-19,26-28,31,36H,6-9,20-25,34-35H2,1-5H3. The fourth-order valence-electron chi connectivity index (χ4n) is 6.26. The SMILES string of the molecule is CCC(CC)CC(N)(N)C(Cc1ccccc1)(CC(O)CC(C)Cc1ccccc1)CC(CC)CC. The van der Waals surface area contributed by atoms with Gasteiger partial charge in [-0.3, -0.25) is 0 Å². The highest BCUT2D eigenvalue weighted by Gasteiger charge is 2.48. The summed E-state index contributed by atoms with van der Waals surface area (Å²) in [6, 6.07) is 21.2. The van der Waals surface area contributed by atoms with Crippen LogP contribution >= 0.6 is 0 Å². The monoisotopic (exact) mass is 494 g/mol. The lowest BCUT2D eigenvalue weighted by Crippen LogP contribution is -2.65. The Balaban J connectivity index is 2.39. The van der Waals surface area contributed by atoms with Crippen LogP contribution in [0, 0.1) is 23.2 Å². The molecule has 0 spiro atoms. The van der Waals surface area contributed by atoms with Crippen LogP contribution in [0.25, 0.3) is 0 Å². The van der Waals surface area contributed by atoms with Crippen LogP contribution in [0.1, 0.15) is 97.1 Å². The summed E-state index contributed by atoms with van der Waals surface area (Å²) in [5, 5.41) is 11.6. The quantitative estimate of drug-likeness (QED) is 0.199. The highest BCUT2D eigenvalue weighted by Crippen LogP contribution is 2.46. The minimum atomic E-state index is -0.855. The third-order valence-corrected chi connectivity index (χ3v) is 8.72. The summed E-state index contributed by atoms with van der Waals surface area (Å²) in [7, 11) is 0. The van der Waals surface area contributed by atoms with Crippen molar-refractivity contribution in [3.8, 4) is 0 Å². The van der Waals surface area contributed by atoms with E-state index in [0.717, 1.165) is 57.8 Å². The molecule has 3 atom stereocenters. The maximum Gasteiger partial charge on any atom is 0.0701 e. The van der Waals surface area contributed by atoms with Crippen molar-refractivity contribution >= 4 is 0 Å². The van der Waals surface area contributed by atoms with E-state index in [1.165, 1.54) is 11.1 Å². The second-order valence-electron chi connectivity index (χ2n) is 11.6. The first-order valence-electron chi connectivity index (χ1n) is 14.5. The first-order chi connectivity index (χ1) is 17.2. The Morgan fingerprint density at radius 1 is 0.694 bits per heavy atom. The molecule has 2 aromatic rings. The first-order valence-corrected chi connectivity index (χ1v) is 14.5. The molecule has 5 N–H and O–H groups in total. The van der Waals surface area contributed by atoms with Crippen molar-refractivity contribution in [1.82, 2.24) is 0 Å². The third kappa shape index (κ3) is 9.01. The second kappa shape index (κ2) is 14.9. The number of hydrogen-bond acceptors (Lipinski definition) is 3. The van der Waals surface area contributed by atoms with Crippen LogP contribution in [0.4, 0.5) is 0 Å². The van der Waals surface area contributed by atoms with Crippen LogP contribution in [0.2, 0.25) is 0 Å². The van der Waals surface area contributed by atoms with E-state index in [1.54, 1.807) is 0 Å². The van der Waals surface area contributed by atoms with Gasteiger partial charge < -0.3 is 16.6 Å². The summed E-state index contributed by atoms with van der Waals surface area (Å²) < 4.78 is 0. The van der Waals surface area contributed by atoms with Gasteiger partial charge >= 0.3 is 0 Å². The van der Waals surface area contributed by atoms with Gasteiger partial charge in [0.2, 0.25) is 0 Å². The van der Waals surface area contributed by atoms with Gasteiger partial charge in [-0.05, 0) is 67.4 Å². The summed E-state index contributed by atoms with van der Waals surface area (Å²) in [4.78, 5) is 0. The molecule has 2 aromatic carbocycles. The smallest absolute Gasteiger partial charge is 0.0701 e. The van der Waals surface area contributed by atoms with E-state index in [-0.39, 0.29) is 5.41 Å². The van der Waals surface area contributed by atoms with Crippen LogP contribution in [0.3, 0.4) is 0 Å². The summed E-state index contributed by atoms with van der Waals surface area (Å²) in [6.07, 6.45) is 8.86. The van der Waals surface area contributed by atoms with Gasteiger partial charge in [-0.2, -0.15) is 0 Å². The molecule has 3 unspecified atom stereocenters. The van der Waals surface area contributed by atoms with E-state index in [4.69, 9.17) is 11.5 Å². The zero-order chi connectivity index (χ0) is 26.6. The lowest BCUT2D eigenvalue weighted by atomic mass is 9.60. The van der Waals surface area contributed by atoms with E-state index in [0.29, 0.717) is 24.2 Å². The predicted octanol–water partition coefficient (Wildman–Crippen LogP) is 7.50. The van der Waals surface area contributed by atoms with Gasteiger partial charge in [0, 0.05) is 5.41 Å². The van der Waals surface area contributed by atoms with Gasteiger partial charge in [0.05, 0.1) is 11.8 Å². The fourth-order valence-corrected chi connectivity index (χ4v) is 6.26. The number of aliphatic hydroxyl groups is 1. The zero-order valence-corrected chi connectivity index (χ0v) is 23.8. The van der Waals surface area contributed by atoms with Gasteiger partial charge in [0.25, 0.3) is 0 Å². The van der Waals surface area contributed by atoms with E-state index < -0.39 is 11.8 Å².